The maximum atomic E-state index is 10.4. The maximum absolute atomic E-state index is 10.4. The van der Waals surface area contributed by atoms with Gasteiger partial charge in [0.15, 0.2) is 0 Å². The Labute approximate surface area is 100 Å². The highest BCUT2D eigenvalue weighted by Crippen LogP contribution is 2.37. The van der Waals surface area contributed by atoms with Gasteiger partial charge in [-0.15, -0.1) is 0 Å². The van der Waals surface area contributed by atoms with Crippen molar-refractivity contribution in [3.8, 4) is 0 Å². The Balaban J connectivity index is 3.95. The van der Waals surface area contributed by atoms with Gasteiger partial charge >= 0.3 is 5.97 Å². The smallest absolute Gasteiger partial charge is 0.303 e. The SMILES string of the molecule is CCCCC(CC)(CC)CCCCC(=O)O. The molecule has 1 N–H and O–H groups in total. The Kier molecular flexibility index (Phi) is 8.32. The van der Waals surface area contributed by atoms with E-state index in [-0.39, 0.29) is 0 Å². The fraction of sp³-hybridized carbons (Fsp3) is 0.929. The maximum Gasteiger partial charge on any atom is 0.303 e. The normalized spacial score (nSPS) is 11.7. The van der Waals surface area contributed by atoms with E-state index in [1.165, 1.54) is 38.5 Å². The largest absolute Gasteiger partial charge is 0.481 e. The van der Waals surface area contributed by atoms with Gasteiger partial charge in [-0.1, -0.05) is 52.9 Å². The van der Waals surface area contributed by atoms with Crippen molar-refractivity contribution in [1.29, 1.82) is 0 Å². The van der Waals surface area contributed by atoms with Gasteiger partial charge < -0.3 is 5.11 Å². The summed E-state index contributed by atoms with van der Waals surface area (Å²) in [4.78, 5) is 10.4. The molecule has 0 aromatic heterocycles. The first kappa shape index (κ1) is 15.5. The molecule has 0 unspecified atom stereocenters. The zero-order chi connectivity index (χ0) is 12.4. The number of carboxylic acids is 1. The summed E-state index contributed by atoms with van der Waals surface area (Å²) in [5.41, 5.74) is 0.481. The highest BCUT2D eigenvalue weighted by atomic mass is 16.4. The summed E-state index contributed by atoms with van der Waals surface area (Å²) in [6.45, 7) is 6.78. The lowest BCUT2D eigenvalue weighted by molar-refractivity contribution is -0.137. The molecular formula is C14H28O2. The van der Waals surface area contributed by atoms with E-state index in [0.29, 0.717) is 11.8 Å². The van der Waals surface area contributed by atoms with Crippen molar-refractivity contribution in [3.05, 3.63) is 0 Å². The molecule has 0 aromatic carbocycles. The van der Waals surface area contributed by atoms with Crippen LogP contribution in [-0.4, -0.2) is 11.1 Å². The topological polar surface area (TPSA) is 37.3 Å². The molecule has 0 amide bonds. The molecule has 0 rings (SSSR count). The summed E-state index contributed by atoms with van der Waals surface area (Å²) >= 11 is 0. The molecule has 96 valence electrons. The Morgan fingerprint density at radius 3 is 2.00 bits per heavy atom. The first-order valence-electron chi connectivity index (χ1n) is 6.82. The van der Waals surface area contributed by atoms with E-state index >= 15 is 0 Å². The standard InChI is InChI=1S/C14H28O2/c1-4-7-11-14(5-2,6-3)12-9-8-10-13(15)16/h4-12H2,1-3H3,(H,15,16). The molecule has 0 aromatic rings. The van der Waals surface area contributed by atoms with Crippen LogP contribution in [0.1, 0.15) is 78.6 Å². The van der Waals surface area contributed by atoms with Crippen LogP contribution in [0.2, 0.25) is 0 Å². The minimum atomic E-state index is -0.660. The molecule has 0 atom stereocenters. The van der Waals surface area contributed by atoms with Crippen molar-refractivity contribution in [2.75, 3.05) is 0 Å². The highest BCUT2D eigenvalue weighted by Gasteiger charge is 2.24. The van der Waals surface area contributed by atoms with E-state index in [0.717, 1.165) is 12.8 Å². The molecule has 0 aliphatic heterocycles. The van der Waals surface area contributed by atoms with Crippen molar-refractivity contribution in [1.82, 2.24) is 0 Å². The molecule has 0 spiro atoms. The first-order valence-corrected chi connectivity index (χ1v) is 6.82. The number of hydrogen-bond acceptors (Lipinski definition) is 1. The quantitative estimate of drug-likeness (QED) is 0.554. The molecule has 0 heterocycles. The third-order valence-corrected chi connectivity index (χ3v) is 3.91. The minimum Gasteiger partial charge on any atom is -0.481 e. The van der Waals surface area contributed by atoms with Gasteiger partial charge in [-0.3, -0.25) is 4.79 Å². The van der Waals surface area contributed by atoms with Crippen LogP contribution in [0.4, 0.5) is 0 Å². The number of unbranched alkanes of at least 4 members (excludes halogenated alkanes) is 2. The van der Waals surface area contributed by atoms with Crippen molar-refractivity contribution in [3.63, 3.8) is 0 Å². The van der Waals surface area contributed by atoms with Crippen molar-refractivity contribution >= 4 is 5.97 Å². The van der Waals surface area contributed by atoms with Gasteiger partial charge in [0.2, 0.25) is 0 Å². The van der Waals surface area contributed by atoms with E-state index in [4.69, 9.17) is 5.11 Å². The summed E-state index contributed by atoms with van der Waals surface area (Å²) < 4.78 is 0. The summed E-state index contributed by atoms with van der Waals surface area (Å²) in [6, 6.07) is 0. The molecule has 0 aliphatic rings. The van der Waals surface area contributed by atoms with Crippen LogP contribution in [0.15, 0.2) is 0 Å². The monoisotopic (exact) mass is 228 g/mol. The Morgan fingerprint density at radius 2 is 1.56 bits per heavy atom. The van der Waals surface area contributed by atoms with E-state index in [2.05, 4.69) is 20.8 Å². The Bertz CT molecular complexity index is 183. The second-order valence-electron chi connectivity index (χ2n) is 4.91. The fourth-order valence-electron chi connectivity index (χ4n) is 2.41. The van der Waals surface area contributed by atoms with Gasteiger partial charge in [0.05, 0.1) is 0 Å². The average molecular weight is 228 g/mol. The van der Waals surface area contributed by atoms with Crippen LogP contribution >= 0.6 is 0 Å². The van der Waals surface area contributed by atoms with Crippen LogP contribution in [0.5, 0.6) is 0 Å². The molecular weight excluding hydrogens is 200 g/mol. The van der Waals surface area contributed by atoms with Crippen molar-refractivity contribution < 1.29 is 9.90 Å². The summed E-state index contributed by atoms with van der Waals surface area (Å²) in [7, 11) is 0. The number of aliphatic carboxylic acids is 1. The van der Waals surface area contributed by atoms with Crippen molar-refractivity contribution in [2.24, 2.45) is 5.41 Å². The Morgan fingerprint density at radius 1 is 1.00 bits per heavy atom. The lowest BCUT2D eigenvalue weighted by Crippen LogP contribution is -2.19. The van der Waals surface area contributed by atoms with Crippen LogP contribution in [0.25, 0.3) is 0 Å². The van der Waals surface area contributed by atoms with E-state index < -0.39 is 5.97 Å². The highest BCUT2D eigenvalue weighted by molar-refractivity contribution is 5.66. The number of carboxylic acid groups (broad SMARTS) is 1. The van der Waals surface area contributed by atoms with Crippen LogP contribution in [0.3, 0.4) is 0 Å². The molecule has 2 nitrogen and oxygen atoms in total. The summed E-state index contributed by atoms with van der Waals surface area (Å²) in [5, 5.41) is 8.60. The van der Waals surface area contributed by atoms with Crippen molar-refractivity contribution in [2.45, 2.75) is 78.6 Å². The molecule has 16 heavy (non-hydrogen) atoms. The third kappa shape index (κ3) is 6.14. The second kappa shape index (κ2) is 8.60. The molecule has 0 fully saturated rings. The molecule has 2 heteroatoms. The van der Waals surface area contributed by atoms with Gasteiger partial charge in [-0.25, -0.2) is 0 Å². The van der Waals surface area contributed by atoms with Gasteiger partial charge in [0.25, 0.3) is 0 Å². The number of rotatable bonds is 10. The van der Waals surface area contributed by atoms with Gasteiger partial charge in [-0.05, 0) is 24.7 Å². The zero-order valence-corrected chi connectivity index (χ0v) is 11.2. The minimum absolute atomic E-state index is 0.331. The van der Waals surface area contributed by atoms with Gasteiger partial charge in [0.1, 0.15) is 0 Å². The predicted molar refractivity (Wildman–Crippen MR) is 68.6 cm³/mol. The lowest BCUT2D eigenvalue weighted by atomic mass is 9.74. The fourth-order valence-corrected chi connectivity index (χ4v) is 2.41. The first-order chi connectivity index (χ1) is 7.60. The second-order valence-corrected chi connectivity index (χ2v) is 4.91. The number of carbonyl (C=O) groups is 1. The summed E-state index contributed by atoms with van der Waals surface area (Å²) in [5.74, 6) is -0.660. The third-order valence-electron chi connectivity index (χ3n) is 3.91. The molecule has 0 bridgehead atoms. The van der Waals surface area contributed by atoms with Crippen LogP contribution < -0.4 is 0 Å². The van der Waals surface area contributed by atoms with E-state index in [1.807, 2.05) is 0 Å². The predicted octanol–water partition coefficient (Wildman–Crippen LogP) is 4.63. The van der Waals surface area contributed by atoms with Crippen LogP contribution in [0, 0.1) is 5.41 Å². The average Bonchev–Trinajstić information content (AvgIpc) is 2.29. The van der Waals surface area contributed by atoms with E-state index in [1.54, 1.807) is 0 Å². The molecule has 0 radical (unpaired) electrons. The van der Waals surface area contributed by atoms with Gasteiger partial charge in [0, 0.05) is 6.42 Å². The summed E-state index contributed by atoms with van der Waals surface area (Å²) in [6.07, 6.45) is 9.78. The van der Waals surface area contributed by atoms with Gasteiger partial charge in [-0.2, -0.15) is 0 Å². The Hall–Kier alpha value is -0.530. The van der Waals surface area contributed by atoms with E-state index in [9.17, 15) is 4.79 Å². The van der Waals surface area contributed by atoms with Crippen LogP contribution in [-0.2, 0) is 4.79 Å². The zero-order valence-electron chi connectivity index (χ0n) is 11.2. The molecule has 0 saturated heterocycles. The number of hydrogen-bond donors (Lipinski definition) is 1. The molecule has 0 aliphatic carbocycles. The molecule has 0 saturated carbocycles. The lowest BCUT2D eigenvalue weighted by Gasteiger charge is -2.32.